The van der Waals surface area contributed by atoms with Gasteiger partial charge in [0, 0.05) is 31.5 Å². The Kier molecular flexibility index (Phi) is 8.34. The molecule has 1 aromatic carbocycles. The summed E-state index contributed by atoms with van der Waals surface area (Å²) >= 11 is 1.77. The maximum absolute atomic E-state index is 10.7. The molecule has 0 saturated carbocycles. The number of nitrogens with zero attached hydrogens (tertiary/aromatic N) is 1. The third-order valence-corrected chi connectivity index (χ3v) is 3.72. The monoisotopic (exact) mass is 295 g/mol. The Hall–Kier alpha value is -1.04. The molecule has 20 heavy (non-hydrogen) atoms. The van der Waals surface area contributed by atoms with E-state index in [0.717, 1.165) is 32.6 Å². The molecule has 5 heteroatoms. The van der Waals surface area contributed by atoms with Gasteiger partial charge >= 0.3 is 0 Å². The van der Waals surface area contributed by atoms with Gasteiger partial charge in [0.25, 0.3) is 0 Å². The van der Waals surface area contributed by atoms with Gasteiger partial charge in [-0.1, -0.05) is 12.1 Å². The molecule has 0 aromatic heterocycles. The Bertz CT molecular complexity index is 412. The van der Waals surface area contributed by atoms with Crippen LogP contribution in [0, 0.1) is 6.92 Å². The van der Waals surface area contributed by atoms with E-state index in [4.69, 9.17) is 0 Å². The van der Waals surface area contributed by atoms with Crippen LogP contribution in [0.2, 0.25) is 0 Å². The van der Waals surface area contributed by atoms with E-state index in [0.29, 0.717) is 0 Å². The number of aryl methyl sites for hydroxylation is 1. The fraction of sp³-hybridized carbons (Fsp3) is 0.533. The molecule has 112 valence electrons. The highest BCUT2D eigenvalue weighted by Gasteiger charge is 2.01. The van der Waals surface area contributed by atoms with Crippen molar-refractivity contribution in [1.82, 2.24) is 14.9 Å². The zero-order valence-corrected chi connectivity index (χ0v) is 13.4. The van der Waals surface area contributed by atoms with Gasteiger partial charge in [0.2, 0.25) is 5.91 Å². The van der Waals surface area contributed by atoms with Crippen molar-refractivity contribution < 1.29 is 4.79 Å². The van der Waals surface area contributed by atoms with Crippen LogP contribution < -0.4 is 10.6 Å². The first-order valence-electron chi connectivity index (χ1n) is 6.99. The van der Waals surface area contributed by atoms with Crippen LogP contribution in [0.4, 0.5) is 0 Å². The van der Waals surface area contributed by atoms with Crippen LogP contribution >= 0.6 is 11.9 Å². The number of carbonyl (C=O) groups excluding carboxylic acids is 1. The molecular formula is C15H25N3OS. The fourth-order valence-electron chi connectivity index (χ4n) is 1.74. The van der Waals surface area contributed by atoms with E-state index in [1.165, 1.54) is 10.5 Å². The molecule has 0 aliphatic heterocycles. The van der Waals surface area contributed by atoms with Gasteiger partial charge in [0.15, 0.2) is 0 Å². The summed E-state index contributed by atoms with van der Waals surface area (Å²) in [6, 6.07) is 8.53. The number of benzene rings is 1. The first-order valence-corrected chi connectivity index (χ1v) is 7.76. The van der Waals surface area contributed by atoms with E-state index in [1.807, 2.05) is 0 Å². The third kappa shape index (κ3) is 8.19. The van der Waals surface area contributed by atoms with Crippen LogP contribution in [0.15, 0.2) is 29.2 Å². The van der Waals surface area contributed by atoms with Crippen molar-refractivity contribution in [3.05, 3.63) is 29.8 Å². The first-order chi connectivity index (χ1) is 9.58. The number of hydrogen-bond donors (Lipinski definition) is 2. The topological polar surface area (TPSA) is 44.4 Å². The maximum atomic E-state index is 10.7. The van der Waals surface area contributed by atoms with Crippen LogP contribution in [-0.4, -0.2) is 43.4 Å². The molecule has 1 amide bonds. The minimum absolute atomic E-state index is 0.0410. The van der Waals surface area contributed by atoms with E-state index in [2.05, 4.69) is 53.2 Å². The largest absolute Gasteiger partial charge is 0.356 e. The van der Waals surface area contributed by atoms with E-state index in [1.54, 1.807) is 18.9 Å². The number of hydrogen-bond acceptors (Lipinski definition) is 4. The lowest BCUT2D eigenvalue weighted by molar-refractivity contribution is -0.118. The summed E-state index contributed by atoms with van der Waals surface area (Å²) < 4.78 is 2.23. The number of nitrogens with one attached hydrogen (secondary N) is 2. The van der Waals surface area contributed by atoms with Gasteiger partial charge < -0.3 is 10.6 Å². The van der Waals surface area contributed by atoms with E-state index >= 15 is 0 Å². The summed E-state index contributed by atoms with van der Waals surface area (Å²) in [5.41, 5.74) is 1.29. The molecular weight excluding hydrogens is 270 g/mol. The van der Waals surface area contributed by atoms with Crippen molar-refractivity contribution >= 4 is 17.9 Å². The molecule has 0 bridgehead atoms. The average molecular weight is 295 g/mol. The summed E-state index contributed by atoms with van der Waals surface area (Å²) in [5, 5.41) is 6.17. The van der Waals surface area contributed by atoms with Crippen LogP contribution in [0.3, 0.4) is 0 Å². The Morgan fingerprint density at radius 2 is 2.10 bits per heavy atom. The molecule has 0 atom stereocenters. The SMILES string of the molecule is CC(=O)NCCCNCCN(C)Sc1cccc(C)c1. The van der Waals surface area contributed by atoms with E-state index < -0.39 is 0 Å². The zero-order valence-electron chi connectivity index (χ0n) is 12.6. The van der Waals surface area contributed by atoms with Crippen molar-refractivity contribution in [2.45, 2.75) is 25.2 Å². The predicted octanol–water partition coefficient (Wildman–Crippen LogP) is 2.05. The number of likely N-dealkylation sites (N-methyl/N-ethyl adjacent to an activating group) is 1. The highest BCUT2D eigenvalue weighted by molar-refractivity contribution is 7.97. The number of amides is 1. The summed E-state index contributed by atoms with van der Waals surface area (Å²) in [4.78, 5) is 12.0. The summed E-state index contributed by atoms with van der Waals surface area (Å²) in [6.45, 7) is 7.28. The Morgan fingerprint density at radius 1 is 1.30 bits per heavy atom. The van der Waals surface area contributed by atoms with Gasteiger partial charge in [0.1, 0.15) is 0 Å². The summed E-state index contributed by atoms with van der Waals surface area (Å²) in [5.74, 6) is 0.0410. The van der Waals surface area contributed by atoms with Gasteiger partial charge in [-0.2, -0.15) is 0 Å². The average Bonchev–Trinajstić information content (AvgIpc) is 2.37. The van der Waals surface area contributed by atoms with Crippen LogP contribution in [0.1, 0.15) is 18.9 Å². The molecule has 0 aliphatic carbocycles. The quantitative estimate of drug-likeness (QED) is 0.540. The lowest BCUT2D eigenvalue weighted by Crippen LogP contribution is -2.29. The molecule has 0 heterocycles. The Balaban J connectivity index is 2.05. The van der Waals surface area contributed by atoms with Crippen molar-refractivity contribution in [1.29, 1.82) is 0 Å². The Morgan fingerprint density at radius 3 is 2.80 bits per heavy atom. The Labute approximate surface area is 126 Å². The molecule has 0 fully saturated rings. The van der Waals surface area contributed by atoms with Gasteiger partial charge in [-0.05, 0) is 56.6 Å². The molecule has 1 rings (SSSR count). The lowest BCUT2D eigenvalue weighted by atomic mass is 10.2. The zero-order chi connectivity index (χ0) is 14.8. The summed E-state index contributed by atoms with van der Waals surface area (Å²) in [6.07, 6.45) is 0.967. The normalized spacial score (nSPS) is 10.8. The third-order valence-electron chi connectivity index (χ3n) is 2.76. The molecule has 4 nitrogen and oxygen atoms in total. The maximum Gasteiger partial charge on any atom is 0.216 e. The fourth-order valence-corrected chi connectivity index (χ4v) is 2.66. The molecule has 0 aliphatic rings. The lowest BCUT2D eigenvalue weighted by Gasteiger charge is -2.16. The predicted molar refractivity (Wildman–Crippen MR) is 85.8 cm³/mol. The number of carbonyl (C=O) groups is 1. The molecule has 0 spiro atoms. The number of rotatable bonds is 9. The molecule has 0 unspecified atom stereocenters. The second-order valence-electron chi connectivity index (χ2n) is 4.85. The van der Waals surface area contributed by atoms with Crippen LogP contribution in [-0.2, 0) is 4.79 Å². The van der Waals surface area contributed by atoms with Crippen LogP contribution in [0.25, 0.3) is 0 Å². The van der Waals surface area contributed by atoms with Crippen molar-refractivity contribution in [2.24, 2.45) is 0 Å². The van der Waals surface area contributed by atoms with Gasteiger partial charge in [-0.15, -0.1) is 0 Å². The van der Waals surface area contributed by atoms with E-state index in [-0.39, 0.29) is 5.91 Å². The second-order valence-corrected chi connectivity index (χ2v) is 6.12. The highest BCUT2D eigenvalue weighted by atomic mass is 32.2. The second kappa shape index (κ2) is 9.80. The van der Waals surface area contributed by atoms with Gasteiger partial charge in [-0.25, -0.2) is 4.31 Å². The molecule has 2 N–H and O–H groups in total. The van der Waals surface area contributed by atoms with Crippen molar-refractivity contribution in [2.75, 3.05) is 33.2 Å². The molecule has 0 radical (unpaired) electrons. The van der Waals surface area contributed by atoms with E-state index in [9.17, 15) is 4.79 Å². The molecule has 1 aromatic rings. The molecule has 0 saturated heterocycles. The minimum atomic E-state index is 0.0410. The van der Waals surface area contributed by atoms with Crippen molar-refractivity contribution in [3.63, 3.8) is 0 Å². The standard InChI is InChI=1S/C15H25N3OS/c1-13-6-4-7-15(12-13)20-18(3)11-10-16-8-5-9-17-14(2)19/h4,6-7,12,16H,5,8-11H2,1-3H3,(H,17,19). The smallest absolute Gasteiger partial charge is 0.216 e. The van der Waals surface area contributed by atoms with Crippen LogP contribution in [0.5, 0.6) is 0 Å². The summed E-state index contributed by atoms with van der Waals surface area (Å²) in [7, 11) is 2.10. The van der Waals surface area contributed by atoms with Crippen molar-refractivity contribution in [3.8, 4) is 0 Å². The minimum Gasteiger partial charge on any atom is -0.356 e. The van der Waals surface area contributed by atoms with Gasteiger partial charge in [0.05, 0.1) is 0 Å². The van der Waals surface area contributed by atoms with Gasteiger partial charge in [-0.3, -0.25) is 4.79 Å². The first kappa shape index (κ1) is 17.0. The highest BCUT2D eigenvalue weighted by Crippen LogP contribution is 2.21.